The van der Waals surface area contributed by atoms with Crippen molar-refractivity contribution in [2.24, 2.45) is 5.84 Å². The summed E-state index contributed by atoms with van der Waals surface area (Å²) in [6.45, 7) is 5.71. The molecule has 0 saturated carbocycles. The number of hydrogen-bond acceptors (Lipinski definition) is 4. The van der Waals surface area contributed by atoms with Gasteiger partial charge in [-0.1, -0.05) is 0 Å². The van der Waals surface area contributed by atoms with Crippen LogP contribution in [-0.4, -0.2) is 73.3 Å². The molecule has 2 aliphatic heterocycles. The van der Waals surface area contributed by atoms with Crippen LogP contribution in [0.2, 0.25) is 0 Å². The number of hydrazine groups is 1. The molecule has 0 bridgehead atoms. The van der Waals surface area contributed by atoms with E-state index in [4.69, 9.17) is 10.6 Å². The summed E-state index contributed by atoms with van der Waals surface area (Å²) in [5, 5.41) is 1.75. The van der Waals surface area contributed by atoms with Crippen LogP contribution >= 0.6 is 0 Å². The zero-order valence-electron chi connectivity index (χ0n) is 8.89. The van der Waals surface area contributed by atoms with Crippen LogP contribution in [-0.2, 0) is 4.74 Å². The average Bonchev–Trinajstić information content (AvgIpc) is 2.30. The number of urea groups is 1. The molecule has 0 aliphatic carbocycles. The quantitative estimate of drug-likeness (QED) is 0.522. The van der Waals surface area contributed by atoms with E-state index in [-0.39, 0.29) is 6.03 Å². The topological polar surface area (TPSA) is 62.0 Å². The summed E-state index contributed by atoms with van der Waals surface area (Å²) < 4.78 is 5.21. The van der Waals surface area contributed by atoms with E-state index in [0.717, 1.165) is 26.2 Å². The number of amides is 2. The Balaban J connectivity index is 1.84. The maximum absolute atomic E-state index is 12.0. The zero-order chi connectivity index (χ0) is 10.7. The third kappa shape index (κ3) is 2.58. The largest absolute Gasteiger partial charge is 0.378 e. The van der Waals surface area contributed by atoms with Crippen molar-refractivity contribution in [1.29, 1.82) is 0 Å². The summed E-state index contributed by atoms with van der Waals surface area (Å²) in [5.74, 6) is 5.64. The van der Waals surface area contributed by atoms with Crippen molar-refractivity contribution in [1.82, 2.24) is 14.8 Å². The van der Waals surface area contributed by atoms with Gasteiger partial charge in [-0.15, -0.1) is 0 Å². The van der Waals surface area contributed by atoms with Gasteiger partial charge in [0, 0.05) is 39.3 Å². The second-order valence-electron chi connectivity index (χ2n) is 3.91. The van der Waals surface area contributed by atoms with Crippen molar-refractivity contribution in [3.63, 3.8) is 0 Å². The van der Waals surface area contributed by atoms with E-state index >= 15 is 0 Å². The summed E-state index contributed by atoms with van der Waals surface area (Å²) in [6.07, 6.45) is 0. The van der Waals surface area contributed by atoms with Crippen molar-refractivity contribution < 1.29 is 9.53 Å². The van der Waals surface area contributed by atoms with Gasteiger partial charge in [0.05, 0.1) is 13.2 Å². The standard InChI is InChI=1S/C9H18N4O2/c10-13-3-1-11(2-4-13)9(14)12-5-7-15-8-6-12/h1-8,10H2. The molecule has 2 fully saturated rings. The minimum Gasteiger partial charge on any atom is -0.378 e. The Morgan fingerprint density at radius 2 is 1.47 bits per heavy atom. The van der Waals surface area contributed by atoms with E-state index in [2.05, 4.69) is 0 Å². The molecule has 0 aromatic rings. The molecule has 0 spiro atoms. The van der Waals surface area contributed by atoms with Crippen LogP contribution in [0, 0.1) is 0 Å². The van der Waals surface area contributed by atoms with Gasteiger partial charge in [-0.05, 0) is 0 Å². The molecule has 0 atom stereocenters. The average molecular weight is 214 g/mol. The molecule has 0 aromatic heterocycles. The van der Waals surface area contributed by atoms with Gasteiger partial charge in [0.25, 0.3) is 0 Å². The highest BCUT2D eigenvalue weighted by Gasteiger charge is 2.25. The predicted octanol–water partition coefficient (Wildman–Crippen LogP) is -1.07. The van der Waals surface area contributed by atoms with Crippen LogP contribution in [0.3, 0.4) is 0 Å². The first-order valence-corrected chi connectivity index (χ1v) is 5.38. The molecule has 2 heterocycles. The van der Waals surface area contributed by atoms with Crippen LogP contribution in [0.25, 0.3) is 0 Å². The molecule has 6 nitrogen and oxygen atoms in total. The molecule has 2 aliphatic rings. The van der Waals surface area contributed by atoms with Gasteiger partial charge in [0.15, 0.2) is 0 Å². The highest BCUT2D eigenvalue weighted by Crippen LogP contribution is 2.05. The fourth-order valence-electron chi connectivity index (χ4n) is 1.87. The third-order valence-corrected chi connectivity index (χ3v) is 2.87. The number of carbonyl (C=O) groups excluding carboxylic acids is 1. The van der Waals surface area contributed by atoms with Crippen LogP contribution < -0.4 is 5.84 Å². The summed E-state index contributed by atoms with van der Waals surface area (Å²) in [6, 6.07) is 0.131. The molecule has 15 heavy (non-hydrogen) atoms. The van der Waals surface area contributed by atoms with Crippen molar-refractivity contribution in [2.45, 2.75) is 0 Å². The predicted molar refractivity (Wildman–Crippen MR) is 55.1 cm³/mol. The van der Waals surface area contributed by atoms with Gasteiger partial charge < -0.3 is 14.5 Å². The maximum atomic E-state index is 12.0. The van der Waals surface area contributed by atoms with Gasteiger partial charge in [0.2, 0.25) is 0 Å². The Morgan fingerprint density at radius 1 is 0.933 bits per heavy atom. The second kappa shape index (κ2) is 4.78. The van der Waals surface area contributed by atoms with E-state index in [9.17, 15) is 4.79 Å². The number of nitrogens with zero attached hydrogens (tertiary/aromatic N) is 3. The summed E-state index contributed by atoms with van der Waals surface area (Å²) in [7, 11) is 0. The minimum absolute atomic E-state index is 0.131. The lowest BCUT2D eigenvalue weighted by atomic mass is 10.3. The molecule has 6 heteroatoms. The number of nitrogens with two attached hydrogens (primary N) is 1. The van der Waals surface area contributed by atoms with Crippen LogP contribution in [0.1, 0.15) is 0 Å². The fraction of sp³-hybridized carbons (Fsp3) is 0.889. The zero-order valence-corrected chi connectivity index (χ0v) is 8.89. The van der Waals surface area contributed by atoms with Gasteiger partial charge in [0.1, 0.15) is 0 Å². The lowest BCUT2D eigenvalue weighted by molar-refractivity contribution is 0.0377. The highest BCUT2D eigenvalue weighted by atomic mass is 16.5. The molecule has 2 rings (SSSR count). The third-order valence-electron chi connectivity index (χ3n) is 2.87. The molecule has 2 saturated heterocycles. The van der Waals surface area contributed by atoms with E-state index in [1.165, 1.54) is 0 Å². The lowest BCUT2D eigenvalue weighted by Crippen LogP contribution is -2.56. The fourth-order valence-corrected chi connectivity index (χ4v) is 1.87. The van der Waals surface area contributed by atoms with Crippen molar-refractivity contribution >= 4 is 6.03 Å². The Bertz CT molecular complexity index is 222. The first-order chi connectivity index (χ1) is 7.27. The first kappa shape index (κ1) is 10.7. The van der Waals surface area contributed by atoms with Gasteiger partial charge >= 0.3 is 6.03 Å². The van der Waals surface area contributed by atoms with Gasteiger partial charge in [-0.25, -0.2) is 9.80 Å². The number of ether oxygens (including phenoxy) is 1. The minimum atomic E-state index is 0.131. The number of hydrogen-bond donors (Lipinski definition) is 1. The molecule has 86 valence electrons. The van der Waals surface area contributed by atoms with Gasteiger partial charge in [-0.3, -0.25) is 5.84 Å². The Kier molecular flexibility index (Phi) is 3.40. The molecule has 0 radical (unpaired) electrons. The molecular weight excluding hydrogens is 196 g/mol. The number of morpholine rings is 1. The number of carbonyl (C=O) groups is 1. The lowest BCUT2D eigenvalue weighted by Gasteiger charge is -2.37. The highest BCUT2D eigenvalue weighted by molar-refractivity contribution is 5.74. The molecular formula is C9H18N4O2. The summed E-state index contributed by atoms with van der Waals surface area (Å²) in [5.41, 5.74) is 0. The van der Waals surface area contributed by atoms with E-state index < -0.39 is 0 Å². The molecule has 0 unspecified atom stereocenters. The van der Waals surface area contributed by atoms with E-state index in [0.29, 0.717) is 26.3 Å². The van der Waals surface area contributed by atoms with Crippen LogP contribution in [0.5, 0.6) is 0 Å². The SMILES string of the molecule is NN1CCN(C(=O)N2CCOCC2)CC1. The summed E-state index contributed by atoms with van der Waals surface area (Å²) >= 11 is 0. The summed E-state index contributed by atoms with van der Waals surface area (Å²) in [4.78, 5) is 15.7. The second-order valence-corrected chi connectivity index (χ2v) is 3.91. The van der Waals surface area contributed by atoms with Crippen molar-refractivity contribution in [3.8, 4) is 0 Å². The van der Waals surface area contributed by atoms with Gasteiger partial charge in [-0.2, -0.15) is 0 Å². The Labute approximate surface area is 89.5 Å². The first-order valence-electron chi connectivity index (χ1n) is 5.38. The monoisotopic (exact) mass is 214 g/mol. The number of piperazine rings is 1. The molecule has 2 amide bonds. The van der Waals surface area contributed by atoms with Crippen molar-refractivity contribution in [3.05, 3.63) is 0 Å². The van der Waals surface area contributed by atoms with E-state index in [1.54, 1.807) is 5.01 Å². The number of rotatable bonds is 0. The smallest absolute Gasteiger partial charge is 0.320 e. The molecule has 0 aromatic carbocycles. The van der Waals surface area contributed by atoms with E-state index in [1.807, 2.05) is 9.80 Å². The van der Waals surface area contributed by atoms with Crippen LogP contribution in [0.15, 0.2) is 0 Å². The Hall–Kier alpha value is -0.850. The molecule has 2 N–H and O–H groups in total. The maximum Gasteiger partial charge on any atom is 0.320 e. The Morgan fingerprint density at radius 3 is 2.07 bits per heavy atom. The van der Waals surface area contributed by atoms with Crippen molar-refractivity contribution in [2.75, 3.05) is 52.5 Å². The normalized spacial score (nSPS) is 24.3. The van der Waals surface area contributed by atoms with Crippen LogP contribution in [0.4, 0.5) is 4.79 Å².